The number of rotatable bonds is 11. The quantitative estimate of drug-likeness (QED) is 0.494. The summed E-state index contributed by atoms with van der Waals surface area (Å²) in [6.07, 6.45) is 0.696. The molecule has 0 spiro atoms. The van der Waals surface area contributed by atoms with Gasteiger partial charge in [-0.15, -0.1) is 0 Å². The van der Waals surface area contributed by atoms with Gasteiger partial charge in [0.25, 0.3) is 11.8 Å². The van der Waals surface area contributed by atoms with E-state index in [0.29, 0.717) is 42.3 Å². The fourth-order valence-electron chi connectivity index (χ4n) is 2.78. The maximum atomic E-state index is 12.8. The van der Waals surface area contributed by atoms with Crippen molar-refractivity contribution in [3.05, 3.63) is 54.1 Å². The average molecular weight is 464 g/mol. The van der Waals surface area contributed by atoms with Gasteiger partial charge < -0.3 is 20.1 Å². The lowest BCUT2D eigenvalue weighted by molar-refractivity contribution is -0.122. The lowest BCUT2D eigenvalue weighted by atomic mass is 10.1. The zero-order chi connectivity index (χ0) is 23.7. The number of carbonyl (C=O) groups excluding carboxylic acids is 2. The van der Waals surface area contributed by atoms with E-state index in [4.69, 9.17) is 9.47 Å². The molecule has 0 aliphatic rings. The second kappa shape index (κ2) is 11.5. The van der Waals surface area contributed by atoms with Gasteiger partial charge in [-0.25, -0.2) is 8.42 Å². The minimum absolute atomic E-state index is 0.322. The number of carbonyl (C=O) groups is 2. The molecule has 0 heterocycles. The lowest BCUT2D eigenvalue weighted by Gasteiger charge is -2.20. The molecular weight excluding hydrogens is 434 g/mol. The predicted octanol–water partition coefficient (Wildman–Crippen LogP) is 2.25. The Morgan fingerprint density at radius 2 is 1.75 bits per heavy atom. The van der Waals surface area contributed by atoms with Crippen LogP contribution in [0.25, 0.3) is 0 Å². The van der Waals surface area contributed by atoms with Gasteiger partial charge in [-0.05, 0) is 42.8 Å². The van der Waals surface area contributed by atoms with Gasteiger partial charge in [0.2, 0.25) is 10.0 Å². The number of nitrogens with zero attached hydrogens (tertiary/aromatic N) is 1. The van der Waals surface area contributed by atoms with E-state index < -0.39 is 22.0 Å². The van der Waals surface area contributed by atoms with Gasteiger partial charge in [0.1, 0.15) is 5.75 Å². The first kappa shape index (κ1) is 25.2. The van der Waals surface area contributed by atoms with Crippen LogP contribution in [0.15, 0.2) is 48.5 Å². The Morgan fingerprint density at radius 1 is 1.09 bits per heavy atom. The van der Waals surface area contributed by atoms with Gasteiger partial charge >= 0.3 is 0 Å². The number of methoxy groups -OCH3 is 1. The van der Waals surface area contributed by atoms with Crippen molar-refractivity contribution in [2.75, 3.05) is 43.2 Å². The number of nitrogens with one attached hydrogen (secondary N) is 2. The van der Waals surface area contributed by atoms with Crippen LogP contribution in [-0.2, 0) is 19.6 Å². The van der Waals surface area contributed by atoms with Gasteiger partial charge in [-0.3, -0.25) is 13.9 Å². The molecule has 0 saturated carbocycles. The van der Waals surface area contributed by atoms with Crippen molar-refractivity contribution in [2.24, 2.45) is 0 Å². The van der Waals surface area contributed by atoms with E-state index >= 15 is 0 Å². The zero-order valence-electron chi connectivity index (χ0n) is 18.6. The SMILES string of the molecule is CC[C@H](Oc1ccc(N(C)S(C)(=O)=O)cc1)C(=O)Nc1ccccc1C(=O)NCCOC. The molecule has 0 bridgehead atoms. The highest BCUT2D eigenvalue weighted by Gasteiger charge is 2.21. The minimum Gasteiger partial charge on any atom is -0.481 e. The number of sulfonamides is 1. The maximum Gasteiger partial charge on any atom is 0.265 e. The zero-order valence-corrected chi connectivity index (χ0v) is 19.4. The van der Waals surface area contributed by atoms with Crippen LogP contribution in [0.1, 0.15) is 23.7 Å². The van der Waals surface area contributed by atoms with Gasteiger partial charge in [-0.2, -0.15) is 0 Å². The van der Waals surface area contributed by atoms with Gasteiger partial charge in [-0.1, -0.05) is 19.1 Å². The molecule has 0 radical (unpaired) electrons. The molecule has 0 aromatic heterocycles. The number of anilines is 2. The summed E-state index contributed by atoms with van der Waals surface area (Å²) in [7, 11) is -0.375. The Hall–Kier alpha value is -3.11. The van der Waals surface area contributed by atoms with E-state index in [9.17, 15) is 18.0 Å². The highest BCUT2D eigenvalue weighted by atomic mass is 32.2. The molecule has 2 aromatic rings. The summed E-state index contributed by atoms with van der Waals surface area (Å²) in [6, 6.07) is 13.1. The Labute approximate surface area is 188 Å². The van der Waals surface area contributed by atoms with E-state index in [1.807, 2.05) is 0 Å². The van der Waals surface area contributed by atoms with Crippen LogP contribution in [0.5, 0.6) is 5.75 Å². The summed E-state index contributed by atoms with van der Waals surface area (Å²) in [5, 5.41) is 5.49. The first-order valence-corrected chi connectivity index (χ1v) is 11.9. The number of para-hydroxylation sites is 1. The molecule has 2 aromatic carbocycles. The molecule has 0 fully saturated rings. The third-order valence-corrected chi connectivity index (χ3v) is 5.87. The molecule has 9 nitrogen and oxygen atoms in total. The number of hydrogen-bond donors (Lipinski definition) is 2. The molecule has 2 N–H and O–H groups in total. The van der Waals surface area contributed by atoms with E-state index in [1.54, 1.807) is 62.6 Å². The van der Waals surface area contributed by atoms with Crippen molar-refractivity contribution in [2.45, 2.75) is 19.4 Å². The van der Waals surface area contributed by atoms with E-state index in [0.717, 1.165) is 10.6 Å². The summed E-state index contributed by atoms with van der Waals surface area (Å²) in [5.74, 6) is -0.303. The standard InChI is InChI=1S/C22H29N3O6S/c1-5-20(31-17-12-10-16(11-13-17)25(2)32(4,28)29)22(27)24-19-9-7-6-8-18(19)21(26)23-14-15-30-3/h6-13,20H,5,14-15H2,1-4H3,(H,23,26)(H,24,27)/t20-/m0/s1. The minimum atomic E-state index is -3.37. The molecule has 0 aliphatic carbocycles. The maximum absolute atomic E-state index is 12.8. The molecule has 0 aliphatic heterocycles. The third kappa shape index (κ3) is 6.96. The monoisotopic (exact) mass is 463 g/mol. The normalized spacial score (nSPS) is 12.0. The Balaban J connectivity index is 2.09. The van der Waals surface area contributed by atoms with Crippen molar-refractivity contribution >= 4 is 33.2 Å². The molecular formula is C22H29N3O6S. The van der Waals surface area contributed by atoms with Gasteiger partial charge in [0.05, 0.1) is 29.8 Å². The van der Waals surface area contributed by atoms with Crippen LogP contribution < -0.4 is 19.7 Å². The highest BCUT2D eigenvalue weighted by Crippen LogP contribution is 2.22. The molecule has 0 saturated heterocycles. The van der Waals surface area contributed by atoms with Crippen LogP contribution in [0.2, 0.25) is 0 Å². The van der Waals surface area contributed by atoms with Crippen molar-refractivity contribution in [1.82, 2.24) is 5.32 Å². The molecule has 1 atom stereocenters. The fraction of sp³-hybridized carbons (Fsp3) is 0.364. The third-order valence-electron chi connectivity index (χ3n) is 4.66. The lowest BCUT2D eigenvalue weighted by Crippen LogP contribution is -2.34. The number of amides is 2. The number of hydrogen-bond acceptors (Lipinski definition) is 6. The van der Waals surface area contributed by atoms with Crippen molar-refractivity contribution in [3.8, 4) is 5.75 Å². The van der Waals surface area contributed by atoms with Crippen LogP contribution in [0.3, 0.4) is 0 Å². The fourth-order valence-corrected chi connectivity index (χ4v) is 3.28. The van der Waals surface area contributed by atoms with Crippen molar-refractivity contribution < 1.29 is 27.5 Å². The summed E-state index contributed by atoms with van der Waals surface area (Å²) in [5.41, 5.74) is 1.19. The molecule has 2 rings (SSSR count). The number of benzene rings is 2. The molecule has 2 amide bonds. The predicted molar refractivity (Wildman–Crippen MR) is 124 cm³/mol. The smallest absolute Gasteiger partial charge is 0.265 e. The van der Waals surface area contributed by atoms with Crippen LogP contribution in [0.4, 0.5) is 11.4 Å². The molecule has 0 unspecified atom stereocenters. The van der Waals surface area contributed by atoms with Crippen molar-refractivity contribution in [1.29, 1.82) is 0 Å². The Kier molecular flexibility index (Phi) is 9.03. The van der Waals surface area contributed by atoms with E-state index in [1.165, 1.54) is 7.05 Å². The second-order valence-corrected chi connectivity index (χ2v) is 9.04. The van der Waals surface area contributed by atoms with Crippen LogP contribution in [-0.4, -0.2) is 59.9 Å². The molecule has 10 heteroatoms. The second-order valence-electron chi connectivity index (χ2n) is 7.02. The van der Waals surface area contributed by atoms with Crippen LogP contribution >= 0.6 is 0 Å². The first-order valence-electron chi connectivity index (χ1n) is 10.0. The van der Waals surface area contributed by atoms with Gasteiger partial charge in [0, 0.05) is 20.7 Å². The first-order chi connectivity index (χ1) is 15.2. The van der Waals surface area contributed by atoms with E-state index in [-0.39, 0.29) is 5.91 Å². The Morgan fingerprint density at radius 3 is 2.34 bits per heavy atom. The van der Waals surface area contributed by atoms with Gasteiger partial charge in [0.15, 0.2) is 6.10 Å². The molecule has 174 valence electrons. The van der Waals surface area contributed by atoms with Crippen molar-refractivity contribution in [3.63, 3.8) is 0 Å². The summed E-state index contributed by atoms with van der Waals surface area (Å²) < 4.78 is 35.2. The largest absolute Gasteiger partial charge is 0.481 e. The topological polar surface area (TPSA) is 114 Å². The highest BCUT2D eigenvalue weighted by molar-refractivity contribution is 7.92. The Bertz CT molecular complexity index is 1020. The number of ether oxygens (including phenoxy) is 2. The summed E-state index contributed by atoms with van der Waals surface area (Å²) in [4.78, 5) is 25.2. The van der Waals surface area contributed by atoms with Crippen LogP contribution in [0, 0.1) is 0 Å². The average Bonchev–Trinajstić information content (AvgIpc) is 2.77. The van der Waals surface area contributed by atoms with E-state index in [2.05, 4.69) is 10.6 Å². The summed E-state index contributed by atoms with van der Waals surface area (Å²) in [6.45, 7) is 2.53. The summed E-state index contributed by atoms with van der Waals surface area (Å²) >= 11 is 0. The molecule has 32 heavy (non-hydrogen) atoms.